The third kappa shape index (κ3) is 35.3. The first-order chi connectivity index (χ1) is 13.1. The Morgan fingerprint density at radius 1 is 0.964 bits per heavy atom. The number of hydrogen-bond acceptors (Lipinski definition) is 5. The summed E-state index contributed by atoms with van der Waals surface area (Å²) in [6.07, 6.45) is 8.36. The number of likely N-dealkylation sites (N-methyl/N-ethyl adjacent to an activating group) is 2. The Kier molecular flexibility index (Phi) is 33.0. The lowest BCUT2D eigenvalue weighted by Gasteiger charge is -2.14. The first-order valence-corrected chi connectivity index (χ1v) is 10.8. The summed E-state index contributed by atoms with van der Waals surface area (Å²) < 4.78 is 0. The highest BCUT2D eigenvalue weighted by molar-refractivity contribution is 7.98. The van der Waals surface area contributed by atoms with E-state index in [1.807, 2.05) is 13.2 Å². The summed E-state index contributed by atoms with van der Waals surface area (Å²) in [6.45, 7) is 11.0. The van der Waals surface area contributed by atoms with E-state index in [1.54, 1.807) is 34.0 Å². The molecule has 0 bridgehead atoms. The van der Waals surface area contributed by atoms with Crippen LogP contribution in [0.3, 0.4) is 0 Å². The van der Waals surface area contributed by atoms with Gasteiger partial charge in [0.05, 0.1) is 0 Å². The summed E-state index contributed by atoms with van der Waals surface area (Å²) in [5.41, 5.74) is 0. The standard InChI is InChI=1S/C7H14N2O2S.C5H9NO.C4H8O.C4H10/c1-5(10)9-6(4-12-3)7(11)8-2;1-3-4-5(7)6-2;1-3-4(2)5;1-3-4-2/h6H,4H2,1-3H3,(H,8,11)(H,9,10);3-4H,1-2H3,(H,6,7);3H2,1-2H3;3-4H2,1-2H3/b;4-3+;;/t6-;;;/m0.../s1. The van der Waals surface area contributed by atoms with Crippen molar-refractivity contribution >= 4 is 35.3 Å². The Bertz CT molecular complexity index is 439. The van der Waals surface area contributed by atoms with Crippen LogP contribution in [0.4, 0.5) is 0 Å². The number of carbonyl (C=O) groups excluding carboxylic acids is 4. The van der Waals surface area contributed by atoms with Crippen LogP contribution in [0.15, 0.2) is 12.2 Å². The monoisotopic (exact) mass is 419 g/mol. The quantitative estimate of drug-likeness (QED) is 0.550. The maximum absolute atomic E-state index is 11.1. The summed E-state index contributed by atoms with van der Waals surface area (Å²) in [4.78, 5) is 41.8. The summed E-state index contributed by atoms with van der Waals surface area (Å²) >= 11 is 1.52. The van der Waals surface area contributed by atoms with Gasteiger partial charge >= 0.3 is 0 Å². The Labute approximate surface area is 175 Å². The van der Waals surface area contributed by atoms with Crippen molar-refractivity contribution in [3.8, 4) is 0 Å². The molecule has 0 rings (SSSR count). The highest BCUT2D eigenvalue weighted by Crippen LogP contribution is 1.97. The molecule has 0 aromatic heterocycles. The number of amides is 3. The lowest BCUT2D eigenvalue weighted by atomic mass is 10.3. The topological polar surface area (TPSA) is 104 Å². The predicted molar refractivity (Wildman–Crippen MR) is 120 cm³/mol. The summed E-state index contributed by atoms with van der Waals surface area (Å²) in [6, 6.07) is -0.414. The van der Waals surface area contributed by atoms with Gasteiger partial charge in [-0.1, -0.05) is 39.7 Å². The Morgan fingerprint density at radius 2 is 1.43 bits per heavy atom. The predicted octanol–water partition coefficient (Wildman–Crippen LogP) is 2.70. The van der Waals surface area contributed by atoms with Gasteiger partial charge in [0.1, 0.15) is 11.8 Å². The van der Waals surface area contributed by atoms with Crippen LogP contribution in [0, 0.1) is 0 Å². The highest BCUT2D eigenvalue weighted by atomic mass is 32.2. The first-order valence-electron chi connectivity index (χ1n) is 9.42. The Balaban J connectivity index is -0.000000153. The Hall–Kier alpha value is -1.83. The maximum Gasteiger partial charge on any atom is 0.243 e. The van der Waals surface area contributed by atoms with Crippen molar-refractivity contribution in [2.75, 3.05) is 26.1 Å². The fraction of sp³-hybridized carbons (Fsp3) is 0.700. The summed E-state index contributed by atoms with van der Waals surface area (Å²) in [5, 5.41) is 7.49. The minimum Gasteiger partial charge on any atom is -0.357 e. The normalized spacial score (nSPS) is 9.89. The molecule has 0 fully saturated rings. The molecule has 3 amide bonds. The molecule has 0 saturated heterocycles. The molecule has 7 nitrogen and oxygen atoms in total. The zero-order valence-corrected chi connectivity index (χ0v) is 19.9. The average molecular weight is 420 g/mol. The van der Waals surface area contributed by atoms with Crippen LogP contribution in [0.2, 0.25) is 0 Å². The van der Waals surface area contributed by atoms with E-state index in [1.165, 1.54) is 37.6 Å². The lowest BCUT2D eigenvalue weighted by molar-refractivity contribution is -0.127. The second-order valence-electron chi connectivity index (χ2n) is 5.49. The van der Waals surface area contributed by atoms with Crippen LogP contribution < -0.4 is 16.0 Å². The average Bonchev–Trinajstić information content (AvgIpc) is 2.67. The number of Topliss-reactive ketones (excluding diaryl/α,β-unsaturated/α-hetero) is 1. The molecule has 0 spiro atoms. The van der Waals surface area contributed by atoms with E-state index in [-0.39, 0.29) is 23.5 Å². The van der Waals surface area contributed by atoms with Crippen molar-refractivity contribution in [2.45, 2.75) is 66.8 Å². The van der Waals surface area contributed by atoms with Gasteiger partial charge in [0.2, 0.25) is 17.7 Å². The number of hydrogen-bond donors (Lipinski definition) is 3. The summed E-state index contributed by atoms with van der Waals surface area (Å²) in [5.74, 6) is 0.462. The molecule has 0 aromatic rings. The molecule has 3 N–H and O–H groups in total. The third-order valence-corrected chi connectivity index (χ3v) is 3.50. The second-order valence-corrected chi connectivity index (χ2v) is 6.40. The van der Waals surface area contributed by atoms with Crippen molar-refractivity contribution in [3.63, 3.8) is 0 Å². The molecule has 166 valence electrons. The van der Waals surface area contributed by atoms with Gasteiger partial charge in [-0.25, -0.2) is 0 Å². The fourth-order valence-electron chi connectivity index (χ4n) is 1.00. The van der Waals surface area contributed by atoms with E-state index in [2.05, 4.69) is 29.8 Å². The van der Waals surface area contributed by atoms with Crippen LogP contribution >= 0.6 is 11.8 Å². The van der Waals surface area contributed by atoms with Gasteiger partial charge in [-0.2, -0.15) is 11.8 Å². The van der Waals surface area contributed by atoms with E-state index < -0.39 is 6.04 Å². The van der Waals surface area contributed by atoms with E-state index >= 15 is 0 Å². The van der Waals surface area contributed by atoms with Gasteiger partial charge in [-0.3, -0.25) is 14.4 Å². The van der Waals surface area contributed by atoms with Crippen LogP contribution in [0.25, 0.3) is 0 Å². The molecule has 0 saturated carbocycles. The number of carbonyl (C=O) groups is 4. The molecule has 0 aliphatic rings. The number of thioether (sulfide) groups is 1. The largest absolute Gasteiger partial charge is 0.357 e. The molecule has 0 aliphatic heterocycles. The first kappa shape index (κ1) is 33.7. The molecule has 0 aliphatic carbocycles. The molecule has 0 aromatic carbocycles. The van der Waals surface area contributed by atoms with Gasteiger partial charge in [-0.15, -0.1) is 0 Å². The van der Waals surface area contributed by atoms with Gasteiger partial charge in [0, 0.05) is 33.2 Å². The van der Waals surface area contributed by atoms with Crippen molar-refractivity contribution in [2.24, 2.45) is 0 Å². The zero-order chi connectivity index (χ0) is 23.0. The van der Waals surface area contributed by atoms with E-state index in [4.69, 9.17) is 0 Å². The number of rotatable bonds is 7. The molecule has 0 unspecified atom stereocenters. The van der Waals surface area contributed by atoms with Gasteiger partial charge < -0.3 is 20.7 Å². The van der Waals surface area contributed by atoms with Crippen LogP contribution in [0.1, 0.15) is 60.8 Å². The molecule has 28 heavy (non-hydrogen) atoms. The molecular weight excluding hydrogens is 378 g/mol. The molecule has 8 heteroatoms. The lowest BCUT2D eigenvalue weighted by Crippen LogP contribution is -2.46. The van der Waals surface area contributed by atoms with Crippen molar-refractivity contribution < 1.29 is 19.2 Å². The third-order valence-electron chi connectivity index (χ3n) is 2.84. The minimum atomic E-state index is -0.414. The number of ketones is 1. The van der Waals surface area contributed by atoms with Crippen molar-refractivity contribution in [1.82, 2.24) is 16.0 Å². The van der Waals surface area contributed by atoms with E-state index in [0.717, 1.165) is 0 Å². The number of nitrogens with one attached hydrogen (secondary N) is 3. The molecule has 0 heterocycles. The SMILES string of the molecule is C/C=C/C(=O)NC.CCC(C)=O.CCCC.CNC(=O)[C@H](CSC)NC(C)=O. The highest BCUT2D eigenvalue weighted by Gasteiger charge is 2.16. The van der Waals surface area contributed by atoms with E-state index in [0.29, 0.717) is 12.2 Å². The van der Waals surface area contributed by atoms with Crippen molar-refractivity contribution in [3.05, 3.63) is 12.2 Å². The number of allylic oxidation sites excluding steroid dienone is 1. The Morgan fingerprint density at radius 3 is 1.61 bits per heavy atom. The molecular formula is C20H41N3O4S. The second kappa shape index (κ2) is 27.4. The van der Waals surface area contributed by atoms with Gasteiger partial charge in [-0.05, 0) is 26.2 Å². The maximum atomic E-state index is 11.1. The van der Waals surface area contributed by atoms with Gasteiger partial charge in [0.25, 0.3) is 0 Å². The summed E-state index contributed by atoms with van der Waals surface area (Å²) in [7, 11) is 3.15. The van der Waals surface area contributed by atoms with Crippen LogP contribution in [0.5, 0.6) is 0 Å². The van der Waals surface area contributed by atoms with Crippen LogP contribution in [-0.4, -0.2) is 55.7 Å². The van der Waals surface area contributed by atoms with Crippen LogP contribution in [-0.2, 0) is 19.2 Å². The van der Waals surface area contributed by atoms with Crippen molar-refractivity contribution in [1.29, 1.82) is 0 Å². The smallest absolute Gasteiger partial charge is 0.243 e. The zero-order valence-electron chi connectivity index (χ0n) is 19.1. The van der Waals surface area contributed by atoms with Gasteiger partial charge in [0.15, 0.2) is 0 Å². The number of unbranched alkanes of at least 4 members (excludes halogenated alkanes) is 1. The minimum absolute atomic E-state index is 0.0532. The van der Waals surface area contributed by atoms with E-state index in [9.17, 15) is 19.2 Å². The molecule has 1 atom stereocenters. The fourth-order valence-corrected chi connectivity index (χ4v) is 1.57. The molecule has 0 radical (unpaired) electrons.